The molecule has 3 rings (SSSR count). The van der Waals surface area contributed by atoms with E-state index in [9.17, 15) is 19.7 Å². The number of nitro benzene ring substituents is 1. The number of carbonyl (C=O) groups is 2. The maximum absolute atomic E-state index is 13.0. The van der Waals surface area contributed by atoms with Gasteiger partial charge >= 0.3 is 0 Å². The number of hydrogen-bond acceptors (Lipinski definition) is 6. The first-order valence-corrected chi connectivity index (χ1v) is 10.0. The topological polar surface area (TPSA) is 105 Å². The molecule has 2 heterocycles. The van der Waals surface area contributed by atoms with E-state index >= 15 is 0 Å². The van der Waals surface area contributed by atoms with E-state index in [1.54, 1.807) is 23.2 Å². The van der Waals surface area contributed by atoms with Crippen LogP contribution in [0.15, 0.2) is 29.6 Å². The lowest BCUT2D eigenvalue weighted by Gasteiger charge is -2.36. The van der Waals surface area contributed by atoms with Gasteiger partial charge in [0.25, 0.3) is 11.6 Å². The summed E-state index contributed by atoms with van der Waals surface area (Å²) >= 11 is 1.55. The summed E-state index contributed by atoms with van der Waals surface area (Å²) in [7, 11) is 0. The van der Waals surface area contributed by atoms with E-state index in [0.717, 1.165) is 30.0 Å². The van der Waals surface area contributed by atoms with Crippen LogP contribution in [-0.2, 0) is 4.79 Å². The number of thiazole rings is 1. The molecule has 2 amide bonds. The van der Waals surface area contributed by atoms with E-state index < -0.39 is 16.9 Å². The summed E-state index contributed by atoms with van der Waals surface area (Å²) in [6.07, 6.45) is 2.80. The fourth-order valence-electron chi connectivity index (χ4n) is 3.33. The van der Waals surface area contributed by atoms with Crippen molar-refractivity contribution in [1.82, 2.24) is 15.2 Å². The van der Waals surface area contributed by atoms with Gasteiger partial charge in [0.2, 0.25) is 5.91 Å². The number of nitrogens with zero attached hydrogens (tertiary/aromatic N) is 3. The van der Waals surface area contributed by atoms with Crippen LogP contribution in [0.25, 0.3) is 0 Å². The van der Waals surface area contributed by atoms with Gasteiger partial charge < -0.3 is 10.2 Å². The molecule has 9 heteroatoms. The minimum absolute atomic E-state index is 0.0721. The van der Waals surface area contributed by atoms with Gasteiger partial charge in [-0.05, 0) is 39.2 Å². The third kappa shape index (κ3) is 4.36. The summed E-state index contributed by atoms with van der Waals surface area (Å²) < 4.78 is 0. The van der Waals surface area contributed by atoms with E-state index in [4.69, 9.17) is 0 Å². The number of nitro groups is 1. The molecule has 1 aromatic heterocycles. The fraction of sp³-hybridized carbons (Fsp3) is 0.421. The number of hydrogen-bond donors (Lipinski definition) is 1. The van der Waals surface area contributed by atoms with Crippen LogP contribution in [0, 0.1) is 17.0 Å². The number of rotatable bonds is 5. The van der Waals surface area contributed by atoms with Gasteiger partial charge in [-0.15, -0.1) is 11.3 Å². The summed E-state index contributed by atoms with van der Waals surface area (Å²) in [5.74, 6) is -0.681. The molecule has 8 nitrogen and oxygen atoms in total. The van der Waals surface area contributed by atoms with Crippen LogP contribution in [0.4, 0.5) is 5.69 Å². The van der Waals surface area contributed by atoms with Crippen molar-refractivity contribution in [2.75, 3.05) is 6.54 Å². The molecule has 2 aromatic rings. The zero-order valence-electron chi connectivity index (χ0n) is 15.8. The second kappa shape index (κ2) is 8.47. The molecular weight excluding hydrogens is 380 g/mol. The Kier molecular flexibility index (Phi) is 6.03. The molecule has 0 unspecified atom stereocenters. The molecule has 1 saturated heterocycles. The van der Waals surface area contributed by atoms with Crippen LogP contribution in [0.5, 0.6) is 0 Å². The van der Waals surface area contributed by atoms with E-state index in [1.807, 2.05) is 12.3 Å². The molecule has 148 valence electrons. The lowest BCUT2D eigenvalue weighted by atomic mass is 10.0. The molecule has 0 saturated carbocycles. The first-order chi connectivity index (χ1) is 13.4. The van der Waals surface area contributed by atoms with Gasteiger partial charge in [0.15, 0.2) is 0 Å². The quantitative estimate of drug-likeness (QED) is 0.610. The van der Waals surface area contributed by atoms with Crippen molar-refractivity contribution in [3.63, 3.8) is 0 Å². The molecular formula is C19H22N4O4S. The lowest BCUT2D eigenvalue weighted by Crippen LogP contribution is -2.49. The minimum Gasteiger partial charge on any atom is -0.341 e. The molecule has 1 fully saturated rings. The Morgan fingerprint density at radius 1 is 1.39 bits per heavy atom. The number of nitrogens with one attached hydrogen (secondary N) is 1. The van der Waals surface area contributed by atoms with Crippen molar-refractivity contribution < 1.29 is 14.5 Å². The predicted octanol–water partition coefficient (Wildman–Crippen LogP) is 3.23. The van der Waals surface area contributed by atoms with Crippen LogP contribution in [0.2, 0.25) is 0 Å². The van der Waals surface area contributed by atoms with Crippen molar-refractivity contribution in [2.24, 2.45) is 0 Å². The molecule has 2 atom stereocenters. The monoisotopic (exact) mass is 402 g/mol. The smallest absolute Gasteiger partial charge is 0.270 e. The van der Waals surface area contributed by atoms with Gasteiger partial charge in [0.1, 0.15) is 11.0 Å². The Balaban J connectivity index is 1.71. The predicted molar refractivity (Wildman–Crippen MR) is 105 cm³/mol. The summed E-state index contributed by atoms with van der Waals surface area (Å²) in [5, 5.41) is 16.5. The summed E-state index contributed by atoms with van der Waals surface area (Å²) in [4.78, 5) is 42.1. The van der Waals surface area contributed by atoms with Crippen molar-refractivity contribution in [3.8, 4) is 0 Å². The SMILES string of the molecule is Cc1csc([C@@H]2CCCCN2C(=O)[C@H](C)NC(=O)c2cccc([N+](=O)[O-])c2)n1. The average Bonchev–Trinajstić information content (AvgIpc) is 3.13. The number of amides is 2. The Morgan fingerprint density at radius 2 is 2.18 bits per heavy atom. The molecule has 28 heavy (non-hydrogen) atoms. The molecule has 1 N–H and O–H groups in total. The number of carbonyl (C=O) groups excluding carboxylic acids is 2. The summed E-state index contributed by atoms with van der Waals surface area (Å²) in [6, 6.07) is 4.64. The normalized spacial score (nSPS) is 17.8. The second-order valence-corrected chi connectivity index (χ2v) is 7.76. The maximum atomic E-state index is 13.0. The second-order valence-electron chi connectivity index (χ2n) is 6.87. The average molecular weight is 402 g/mol. The Hall–Kier alpha value is -2.81. The van der Waals surface area contributed by atoms with Gasteiger partial charge in [0.05, 0.1) is 11.0 Å². The van der Waals surface area contributed by atoms with Gasteiger partial charge in [-0.2, -0.15) is 0 Å². The molecule has 0 radical (unpaired) electrons. The van der Waals surface area contributed by atoms with Gasteiger partial charge in [-0.1, -0.05) is 6.07 Å². The highest BCUT2D eigenvalue weighted by Crippen LogP contribution is 2.33. The maximum Gasteiger partial charge on any atom is 0.270 e. The van der Waals surface area contributed by atoms with Crippen LogP contribution in [-0.4, -0.2) is 39.2 Å². The zero-order chi connectivity index (χ0) is 20.3. The Labute approximate surface area is 166 Å². The van der Waals surface area contributed by atoms with Crippen molar-refractivity contribution in [1.29, 1.82) is 0 Å². The van der Waals surface area contributed by atoms with Crippen LogP contribution < -0.4 is 5.32 Å². The number of benzene rings is 1. The van der Waals surface area contributed by atoms with Crippen LogP contribution in [0.3, 0.4) is 0 Å². The van der Waals surface area contributed by atoms with Crippen molar-refractivity contribution in [3.05, 3.63) is 56.0 Å². The number of aryl methyl sites for hydroxylation is 1. The van der Waals surface area contributed by atoms with Gasteiger partial charge in [0, 0.05) is 35.3 Å². The molecule has 0 aliphatic carbocycles. The molecule has 0 bridgehead atoms. The van der Waals surface area contributed by atoms with Crippen molar-refractivity contribution >= 4 is 28.8 Å². The largest absolute Gasteiger partial charge is 0.341 e. The van der Waals surface area contributed by atoms with Crippen LogP contribution >= 0.6 is 11.3 Å². The highest BCUT2D eigenvalue weighted by Gasteiger charge is 2.33. The summed E-state index contributed by atoms with van der Waals surface area (Å²) in [6.45, 7) is 4.19. The van der Waals surface area contributed by atoms with Gasteiger partial charge in [-0.3, -0.25) is 19.7 Å². The van der Waals surface area contributed by atoms with Gasteiger partial charge in [-0.25, -0.2) is 4.98 Å². The fourth-order valence-corrected chi connectivity index (χ4v) is 4.27. The Bertz CT molecular complexity index is 898. The molecule has 1 aliphatic rings. The molecule has 0 spiro atoms. The number of aromatic nitrogens is 1. The highest BCUT2D eigenvalue weighted by atomic mass is 32.1. The first-order valence-electron chi connectivity index (χ1n) is 9.14. The van der Waals surface area contributed by atoms with E-state index in [1.165, 1.54) is 24.3 Å². The zero-order valence-corrected chi connectivity index (χ0v) is 16.6. The van der Waals surface area contributed by atoms with Crippen molar-refractivity contribution in [2.45, 2.75) is 45.2 Å². The molecule has 1 aromatic carbocycles. The number of non-ortho nitro benzene ring substituents is 1. The standard InChI is InChI=1S/C19H22N4O4S/c1-12-11-28-18(20-12)16-8-3-4-9-22(16)19(25)13(2)21-17(24)14-6-5-7-15(10-14)23(26)27/h5-7,10-11,13,16H,3-4,8-9H2,1-2H3,(H,21,24)/t13-,16-/m0/s1. The number of likely N-dealkylation sites (tertiary alicyclic amines) is 1. The minimum atomic E-state index is -0.742. The number of piperidine rings is 1. The van der Waals surface area contributed by atoms with E-state index in [2.05, 4.69) is 10.3 Å². The first kappa shape index (κ1) is 19.9. The third-order valence-electron chi connectivity index (χ3n) is 4.74. The third-order valence-corrected chi connectivity index (χ3v) is 5.81. The summed E-state index contributed by atoms with van der Waals surface area (Å²) in [5.41, 5.74) is 0.923. The van der Waals surface area contributed by atoms with E-state index in [-0.39, 0.29) is 23.2 Å². The Morgan fingerprint density at radius 3 is 2.86 bits per heavy atom. The molecule has 1 aliphatic heterocycles. The van der Waals surface area contributed by atoms with E-state index in [0.29, 0.717) is 6.54 Å². The highest BCUT2D eigenvalue weighted by molar-refractivity contribution is 7.09. The van der Waals surface area contributed by atoms with Crippen LogP contribution in [0.1, 0.15) is 53.3 Å². The lowest BCUT2D eigenvalue weighted by molar-refractivity contribution is -0.384.